The van der Waals surface area contributed by atoms with E-state index in [0.29, 0.717) is 12.2 Å². The highest BCUT2D eigenvalue weighted by Crippen LogP contribution is 2.12. The molecule has 18 heavy (non-hydrogen) atoms. The Morgan fingerprint density at radius 1 is 1.28 bits per heavy atom. The molecule has 0 spiro atoms. The molecular weight excluding hydrogens is 228 g/mol. The number of Topliss-reactive ketones (excluding diaryl/α,β-unsaturated/α-hetero) is 1. The zero-order valence-electron chi connectivity index (χ0n) is 10.9. The number of carbonyl (C=O) groups is 1. The summed E-state index contributed by atoms with van der Waals surface area (Å²) in [5.74, 6) is 0.135. The molecule has 0 bridgehead atoms. The minimum absolute atomic E-state index is 0.135. The van der Waals surface area contributed by atoms with Crippen LogP contribution in [0.4, 0.5) is 5.69 Å². The molecule has 0 saturated carbocycles. The van der Waals surface area contributed by atoms with Gasteiger partial charge in [-0.25, -0.2) is 0 Å². The number of ketones is 1. The summed E-state index contributed by atoms with van der Waals surface area (Å²) in [6.45, 7) is 6.14. The Labute approximate surface area is 108 Å². The highest BCUT2D eigenvalue weighted by Gasteiger charge is 2.23. The van der Waals surface area contributed by atoms with E-state index >= 15 is 0 Å². The van der Waals surface area contributed by atoms with Crippen LogP contribution >= 0.6 is 0 Å². The summed E-state index contributed by atoms with van der Waals surface area (Å²) in [4.78, 5) is 14.3. The van der Waals surface area contributed by atoms with Crippen molar-refractivity contribution in [3.05, 3.63) is 29.8 Å². The second-order valence-corrected chi connectivity index (χ2v) is 5.00. The number of rotatable bonds is 3. The van der Waals surface area contributed by atoms with Crippen molar-refractivity contribution in [3.63, 3.8) is 0 Å². The minimum atomic E-state index is 0.135. The van der Waals surface area contributed by atoms with Crippen LogP contribution in [0, 0.1) is 0 Å². The van der Waals surface area contributed by atoms with Crippen LogP contribution in [0.1, 0.15) is 24.2 Å². The Morgan fingerprint density at radius 2 is 1.83 bits per heavy atom. The highest BCUT2D eigenvalue weighted by atomic mass is 16.5. The van der Waals surface area contributed by atoms with E-state index in [1.165, 1.54) is 0 Å². The summed E-state index contributed by atoms with van der Waals surface area (Å²) in [5.41, 5.74) is 7.01. The van der Waals surface area contributed by atoms with Gasteiger partial charge in [-0.3, -0.25) is 9.69 Å². The third kappa shape index (κ3) is 3.31. The van der Waals surface area contributed by atoms with Crippen molar-refractivity contribution in [1.82, 2.24) is 4.90 Å². The molecule has 1 saturated heterocycles. The number of anilines is 1. The summed E-state index contributed by atoms with van der Waals surface area (Å²) >= 11 is 0. The van der Waals surface area contributed by atoms with Crippen molar-refractivity contribution in [2.75, 3.05) is 25.4 Å². The average molecular weight is 248 g/mol. The van der Waals surface area contributed by atoms with Crippen LogP contribution < -0.4 is 5.73 Å². The smallest absolute Gasteiger partial charge is 0.176 e. The van der Waals surface area contributed by atoms with Gasteiger partial charge in [-0.05, 0) is 38.1 Å². The number of hydrogen-bond acceptors (Lipinski definition) is 4. The Hall–Kier alpha value is -1.39. The molecule has 0 amide bonds. The minimum Gasteiger partial charge on any atom is -0.399 e. The molecular formula is C14H20N2O2. The molecule has 1 aromatic rings. The summed E-state index contributed by atoms with van der Waals surface area (Å²) < 4.78 is 5.65. The Bertz CT molecular complexity index is 406. The third-order valence-corrected chi connectivity index (χ3v) is 3.10. The lowest BCUT2D eigenvalue weighted by molar-refractivity contribution is -0.0652. The van der Waals surface area contributed by atoms with Crippen molar-refractivity contribution in [3.8, 4) is 0 Å². The van der Waals surface area contributed by atoms with Crippen LogP contribution in [0.15, 0.2) is 24.3 Å². The van der Waals surface area contributed by atoms with Gasteiger partial charge in [0.25, 0.3) is 0 Å². The molecule has 1 aromatic carbocycles. The average Bonchev–Trinajstić information content (AvgIpc) is 2.28. The van der Waals surface area contributed by atoms with E-state index in [1.807, 2.05) is 13.8 Å². The van der Waals surface area contributed by atoms with Crippen LogP contribution in [-0.2, 0) is 4.74 Å². The topological polar surface area (TPSA) is 55.6 Å². The van der Waals surface area contributed by atoms with E-state index in [2.05, 4.69) is 4.90 Å². The zero-order chi connectivity index (χ0) is 13.1. The SMILES string of the molecule is CC1CN(CC(=O)c2ccc(N)cc2)CC(C)O1. The first-order valence-electron chi connectivity index (χ1n) is 6.31. The van der Waals surface area contributed by atoms with Gasteiger partial charge >= 0.3 is 0 Å². The van der Waals surface area contributed by atoms with Crippen molar-refractivity contribution < 1.29 is 9.53 Å². The van der Waals surface area contributed by atoms with Crippen LogP contribution in [0.2, 0.25) is 0 Å². The van der Waals surface area contributed by atoms with E-state index in [4.69, 9.17) is 10.5 Å². The van der Waals surface area contributed by atoms with E-state index < -0.39 is 0 Å². The second-order valence-electron chi connectivity index (χ2n) is 5.00. The fourth-order valence-corrected chi connectivity index (χ4v) is 2.38. The van der Waals surface area contributed by atoms with Gasteiger partial charge in [0, 0.05) is 24.3 Å². The standard InChI is InChI=1S/C14H20N2O2/c1-10-7-16(8-11(2)18-10)9-14(17)12-3-5-13(15)6-4-12/h3-6,10-11H,7-9,15H2,1-2H3. The molecule has 0 radical (unpaired) electrons. The first kappa shape index (κ1) is 13.1. The molecule has 4 heteroatoms. The number of ether oxygens (including phenoxy) is 1. The number of hydrogen-bond donors (Lipinski definition) is 1. The Balaban J connectivity index is 1.96. The van der Waals surface area contributed by atoms with Crippen LogP contribution in [-0.4, -0.2) is 42.5 Å². The number of morpholine rings is 1. The number of nitrogens with zero attached hydrogens (tertiary/aromatic N) is 1. The molecule has 98 valence electrons. The highest BCUT2D eigenvalue weighted by molar-refractivity contribution is 5.97. The second kappa shape index (κ2) is 5.50. The summed E-state index contributed by atoms with van der Waals surface area (Å²) in [7, 11) is 0. The number of nitrogens with two attached hydrogens (primary N) is 1. The molecule has 1 heterocycles. The quantitative estimate of drug-likeness (QED) is 0.651. The van der Waals surface area contributed by atoms with Crippen molar-refractivity contribution in [2.24, 2.45) is 0 Å². The fourth-order valence-electron chi connectivity index (χ4n) is 2.38. The maximum absolute atomic E-state index is 12.1. The molecule has 1 aliphatic rings. The summed E-state index contributed by atoms with van der Waals surface area (Å²) in [5, 5.41) is 0. The predicted octanol–water partition coefficient (Wildman–Crippen LogP) is 1.56. The molecule has 2 rings (SSSR count). The molecule has 0 aliphatic carbocycles. The van der Waals surface area contributed by atoms with Gasteiger partial charge in [0.05, 0.1) is 18.8 Å². The largest absolute Gasteiger partial charge is 0.399 e. The number of benzene rings is 1. The van der Waals surface area contributed by atoms with Crippen molar-refractivity contribution >= 4 is 11.5 Å². The molecule has 1 fully saturated rings. The van der Waals surface area contributed by atoms with Crippen LogP contribution in [0.5, 0.6) is 0 Å². The lowest BCUT2D eigenvalue weighted by Crippen LogP contribution is -2.47. The summed E-state index contributed by atoms with van der Waals surface area (Å²) in [6.07, 6.45) is 0.376. The Kier molecular flexibility index (Phi) is 3.99. The number of carbonyl (C=O) groups excluding carboxylic acids is 1. The maximum Gasteiger partial charge on any atom is 0.176 e. The van der Waals surface area contributed by atoms with Crippen molar-refractivity contribution in [1.29, 1.82) is 0 Å². The Morgan fingerprint density at radius 3 is 2.39 bits per heavy atom. The van der Waals surface area contributed by atoms with Gasteiger partial charge in [-0.1, -0.05) is 0 Å². The lowest BCUT2D eigenvalue weighted by Gasteiger charge is -2.34. The summed E-state index contributed by atoms with van der Waals surface area (Å²) in [6, 6.07) is 7.09. The monoisotopic (exact) mass is 248 g/mol. The van der Waals surface area contributed by atoms with E-state index in [-0.39, 0.29) is 18.0 Å². The van der Waals surface area contributed by atoms with Gasteiger partial charge < -0.3 is 10.5 Å². The molecule has 0 aromatic heterocycles. The van der Waals surface area contributed by atoms with Gasteiger partial charge in [0.1, 0.15) is 0 Å². The van der Waals surface area contributed by atoms with Gasteiger partial charge in [0.15, 0.2) is 5.78 Å². The van der Waals surface area contributed by atoms with Crippen LogP contribution in [0.3, 0.4) is 0 Å². The van der Waals surface area contributed by atoms with Gasteiger partial charge in [-0.15, -0.1) is 0 Å². The zero-order valence-corrected chi connectivity index (χ0v) is 10.9. The van der Waals surface area contributed by atoms with E-state index in [9.17, 15) is 4.79 Å². The van der Waals surface area contributed by atoms with Crippen molar-refractivity contribution in [2.45, 2.75) is 26.1 Å². The normalized spacial score (nSPS) is 25.0. The van der Waals surface area contributed by atoms with Crippen LogP contribution in [0.25, 0.3) is 0 Å². The number of nitrogen functional groups attached to an aromatic ring is 1. The lowest BCUT2D eigenvalue weighted by atomic mass is 10.1. The fraction of sp³-hybridized carbons (Fsp3) is 0.500. The first-order valence-corrected chi connectivity index (χ1v) is 6.31. The van der Waals surface area contributed by atoms with Gasteiger partial charge in [0.2, 0.25) is 0 Å². The molecule has 1 aliphatic heterocycles. The molecule has 2 unspecified atom stereocenters. The maximum atomic E-state index is 12.1. The van der Waals surface area contributed by atoms with Gasteiger partial charge in [-0.2, -0.15) is 0 Å². The third-order valence-electron chi connectivity index (χ3n) is 3.10. The predicted molar refractivity (Wildman–Crippen MR) is 71.6 cm³/mol. The van der Waals surface area contributed by atoms with E-state index in [0.717, 1.165) is 18.7 Å². The molecule has 2 N–H and O–H groups in total. The molecule has 2 atom stereocenters. The molecule has 4 nitrogen and oxygen atoms in total. The van der Waals surface area contributed by atoms with E-state index in [1.54, 1.807) is 24.3 Å². The first-order chi connectivity index (χ1) is 8.54.